The highest BCUT2D eigenvalue weighted by Crippen LogP contribution is 2.33. The van der Waals surface area contributed by atoms with E-state index in [1.807, 2.05) is 29.2 Å². The summed E-state index contributed by atoms with van der Waals surface area (Å²) < 4.78 is 40.9. The van der Waals surface area contributed by atoms with Crippen molar-refractivity contribution >= 4 is 29.1 Å². The smallest absolute Gasteiger partial charge is 0.406 e. The van der Waals surface area contributed by atoms with Gasteiger partial charge in [-0.2, -0.15) is 0 Å². The minimum Gasteiger partial charge on any atom is -0.406 e. The predicted octanol–water partition coefficient (Wildman–Crippen LogP) is 5.46. The van der Waals surface area contributed by atoms with Crippen LogP contribution in [0.1, 0.15) is 27.5 Å². The van der Waals surface area contributed by atoms with Gasteiger partial charge in [-0.3, -0.25) is 9.69 Å². The van der Waals surface area contributed by atoms with E-state index in [4.69, 9.17) is 23.2 Å². The first-order valence-corrected chi connectivity index (χ1v) is 11.4. The van der Waals surface area contributed by atoms with Crippen LogP contribution in [0, 0.1) is 0 Å². The minimum atomic E-state index is -4.81. The number of aliphatic hydroxyl groups is 1. The van der Waals surface area contributed by atoms with Crippen molar-refractivity contribution in [3.63, 3.8) is 0 Å². The Morgan fingerprint density at radius 2 is 1.43 bits per heavy atom. The number of benzene rings is 3. The van der Waals surface area contributed by atoms with Gasteiger partial charge in [0.2, 0.25) is 0 Å². The highest BCUT2D eigenvalue weighted by Gasteiger charge is 2.37. The molecule has 1 fully saturated rings. The second-order valence-corrected chi connectivity index (χ2v) is 9.05. The molecule has 1 heterocycles. The molecule has 2 atom stereocenters. The van der Waals surface area contributed by atoms with E-state index in [-0.39, 0.29) is 11.6 Å². The lowest BCUT2D eigenvalue weighted by atomic mass is 9.97. The van der Waals surface area contributed by atoms with Crippen molar-refractivity contribution in [1.82, 2.24) is 10.2 Å². The zero-order chi connectivity index (χ0) is 25.2. The summed E-state index contributed by atoms with van der Waals surface area (Å²) in [7, 11) is 0. The third-order valence-electron chi connectivity index (χ3n) is 5.72. The zero-order valence-corrected chi connectivity index (χ0v) is 19.7. The highest BCUT2D eigenvalue weighted by atomic mass is 35.5. The number of nitrogens with one attached hydrogen (secondary N) is 1. The van der Waals surface area contributed by atoms with Crippen LogP contribution in [0.4, 0.5) is 13.2 Å². The van der Waals surface area contributed by atoms with E-state index in [0.29, 0.717) is 23.1 Å². The quantitative estimate of drug-likeness (QED) is 0.449. The molecule has 0 aromatic heterocycles. The number of β-amino-alcohol motifs (C(OH)–C–C–N with tert-alkyl or cyclic N) is 1. The summed E-state index contributed by atoms with van der Waals surface area (Å²) in [6, 6.07) is 18.6. The molecule has 2 N–H and O–H groups in total. The maximum absolute atomic E-state index is 12.7. The van der Waals surface area contributed by atoms with Crippen LogP contribution >= 0.6 is 23.2 Å². The Labute approximate surface area is 210 Å². The van der Waals surface area contributed by atoms with E-state index in [2.05, 4.69) is 10.1 Å². The summed E-state index contributed by atoms with van der Waals surface area (Å²) in [4.78, 5) is 14.7. The van der Waals surface area contributed by atoms with Crippen molar-refractivity contribution in [3.8, 4) is 5.75 Å². The number of carbonyl (C=O) groups is 1. The van der Waals surface area contributed by atoms with Crippen LogP contribution in [-0.2, 0) is 0 Å². The summed E-state index contributed by atoms with van der Waals surface area (Å²) >= 11 is 12.1. The largest absolute Gasteiger partial charge is 0.573 e. The first kappa shape index (κ1) is 25.3. The van der Waals surface area contributed by atoms with Crippen LogP contribution in [-0.4, -0.2) is 47.5 Å². The molecule has 3 aromatic rings. The number of hydrogen-bond donors (Lipinski definition) is 2. The molecule has 0 saturated carbocycles. The summed E-state index contributed by atoms with van der Waals surface area (Å²) in [5, 5.41) is 14.7. The molecule has 35 heavy (non-hydrogen) atoms. The van der Waals surface area contributed by atoms with Crippen LogP contribution in [0.5, 0.6) is 5.75 Å². The van der Waals surface area contributed by atoms with Gasteiger partial charge < -0.3 is 15.2 Å². The molecule has 1 saturated heterocycles. The maximum atomic E-state index is 12.7. The normalized spacial score (nSPS) is 18.6. The fraction of sp³-hybridized carbons (Fsp3) is 0.240. The predicted molar refractivity (Wildman–Crippen MR) is 127 cm³/mol. The molecule has 0 bridgehead atoms. The van der Waals surface area contributed by atoms with Crippen LogP contribution in [0.3, 0.4) is 0 Å². The Bertz CT molecular complexity index is 1110. The molecule has 1 aliphatic heterocycles. The molecule has 0 aliphatic carbocycles. The molecular weight excluding hydrogens is 504 g/mol. The first-order valence-electron chi connectivity index (χ1n) is 10.7. The minimum absolute atomic E-state index is 0.150. The number of rotatable bonds is 6. The van der Waals surface area contributed by atoms with E-state index >= 15 is 0 Å². The van der Waals surface area contributed by atoms with Crippen molar-refractivity contribution in [1.29, 1.82) is 0 Å². The standard InChI is InChI=1S/C25H21Cl2F3N2O3/c26-18-7-1-15(2-8-18)23(16-3-9-19(27)10-4-16)32-13-21(22(33)14-32)31-24(34)17-5-11-20(12-6-17)35-25(28,29)30/h1-12,21-23,33H,13-14H2,(H,31,34)/t21-,22+/m1/s1. The number of hydrogen-bond acceptors (Lipinski definition) is 4. The SMILES string of the molecule is O=C(N[C@@H]1CN(C(c2ccc(Cl)cc2)c2ccc(Cl)cc2)C[C@@H]1O)c1ccc(OC(F)(F)F)cc1. The van der Waals surface area contributed by atoms with Gasteiger partial charge in [-0.15, -0.1) is 13.2 Å². The number of nitrogens with zero attached hydrogens (tertiary/aromatic N) is 1. The van der Waals surface area contributed by atoms with Gasteiger partial charge in [0.15, 0.2) is 0 Å². The Morgan fingerprint density at radius 3 is 1.91 bits per heavy atom. The number of likely N-dealkylation sites (tertiary alicyclic amines) is 1. The Hall–Kier alpha value is -2.78. The molecule has 1 aliphatic rings. The Kier molecular flexibility index (Phi) is 7.56. The van der Waals surface area contributed by atoms with Gasteiger partial charge in [0, 0.05) is 28.7 Å². The number of aliphatic hydroxyl groups excluding tert-OH is 1. The molecule has 0 radical (unpaired) electrons. The van der Waals surface area contributed by atoms with Crippen LogP contribution in [0.2, 0.25) is 10.0 Å². The number of ether oxygens (including phenoxy) is 1. The van der Waals surface area contributed by atoms with Crippen molar-refractivity contribution in [2.24, 2.45) is 0 Å². The summed E-state index contributed by atoms with van der Waals surface area (Å²) in [6.45, 7) is 0.636. The third kappa shape index (κ3) is 6.46. The van der Waals surface area contributed by atoms with Gasteiger partial charge in [0.25, 0.3) is 5.91 Å². The van der Waals surface area contributed by atoms with E-state index in [1.165, 1.54) is 12.1 Å². The second kappa shape index (κ2) is 10.5. The Morgan fingerprint density at radius 1 is 0.914 bits per heavy atom. The highest BCUT2D eigenvalue weighted by molar-refractivity contribution is 6.30. The zero-order valence-electron chi connectivity index (χ0n) is 18.2. The summed E-state index contributed by atoms with van der Waals surface area (Å²) in [5.41, 5.74) is 2.06. The second-order valence-electron chi connectivity index (χ2n) is 8.18. The molecule has 1 amide bonds. The van der Waals surface area contributed by atoms with Crippen LogP contribution in [0.25, 0.3) is 0 Å². The van der Waals surface area contributed by atoms with Gasteiger partial charge in [-0.05, 0) is 59.7 Å². The topological polar surface area (TPSA) is 61.8 Å². The first-order chi connectivity index (χ1) is 16.6. The third-order valence-corrected chi connectivity index (χ3v) is 6.22. The maximum Gasteiger partial charge on any atom is 0.573 e. The number of amides is 1. The van der Waals surface area contributed by atoms with Crippen LogP contribution < -0.4 is 10.1 Å². The molecule has 184 valence electrons. The van der Waals surface area contributed by atoms with E-state index < -0.39 is 30.2 Å². The lowest BCUT2D eigenvalue weighted by Gasteiger charge is -2.29. The number of carbonyl (C=O) groups excluding carboxylic acids is 1. The molecule has 5 nitrogen and oxygen atoms in total. The van der Waals surface area contributed by atoms with Gasteiger partial charge in [0.05, 0.1) is 18.2 Å². The fourth-order valence-electron chi connectivity index (χ4n) is 4.13. The van der Waals surface area contributed by atoms with Crippen LogP contribution in [0.15, 0.2) is 72.8 Å². The molecule has 0 spiro atoms. The monoisotopic (exact) mass is 524 g/mol. The van der Waals surface area contributed by atoms with Crippen molar-refractivity contribution in [2.45, 2.75) is 24.6 Å². The van der Waals surface area contributed by atoms with Crippen molar-refractivity contribution < 1.29 is 27.8 Å². The molecule has 3 aromatic carbocycles. The number of alkyl halides is 3. The average molecular weight is 525 g/mol. The lowest BCUT2D eigenvalue weighted by Crippen LogP contribution is -2.43. The summed E-state index contributed by atoms with van der Waals surface area (Å²) in [6.07, 6.45) is -5.67. The Balaban J connectivity index is 1.49. The fourth-order valence-corrected chi connectivity index (χ4v) is 4.38. The molecular formula is C25H21Cl2F3N2O3. The van der Waals surface area contributed by atoms with E-state index in [1.54, 1.807) is 24.3 Å². The number of halogens is 5. The average Bonchev–Trinajstić information content (AvgIpc) is 3.15. The van der Waals surface area contributed by atoms with E-state index in [9.17, 15) is 23.1 Å². The molecule has 10 heteroatoms. The van der Waals surface area contributed by atoms with Gasteiger partial charge in [-0.25, -0.2) is 0 Å². The molecule has 4 rings (SSSR count). The van der Waals surface area contributed by atoms with Gasteiger partial charge in [-0.1, -0.05) is 47.5 Å². The van der Waals surface area contributed by atoms with Gasteiger partial charge >= 0.3 is 6.36 Å². The lowest BCUT2D eigenvalue weighted by molar-refractivity contribution is -0.274. The summed E-state index contributed by atoms with van der Waals surface area (Å²) in [5.74, 6) is -0.932. The van der Waals surface area contributed by atoms with Gasteiger partial charge in [0.1, 0.15) is 5.75 Å². The molecule has 0 unspecified atom stereocenters. The van der Waals surface area contributed by atoms with Crippen molar-refractivity contribution in [2.75, 3.05) is 13.1 Å². The van der Waals surface area contributed by atoms with Crippen molar-refractivity contribution in [3.05, 3.63) is 99.5 Å². The van der Waals surface area contributed by atoms with E-state index in [0.717, 1.165) is 23.3 Å².